The first-order valence-corrected chi connectivity index (χ1v) is 14.5. The SMILES string of the molecule is CC(C)(C)NC(=O)C(c1ccccc1F)N(Cc1ccccc1)C(=O)Cn1cc(COC(=O)c2cc3ccccc3oc2=O)nn1. The van der Waals surface area contributed by atoms with E-state index in [2.05, 4.69) is 15.6 Å². The highest BCUT2D eigenvalue weighted by Crippen LogP contribution is 2.27. The van der Waals surface area contributed by atoms with Gasteiger partial charge in [0.15, 0.2) is 0 Å². The Morgan fingerprint density at radius 1 is 1.00 bits per heavy atom. The van der Waals surface area contributed by atoms with Crippen LogP contribution in [0.1, 0.15) is 54.0 Å². The number of carbonyl (C=O) groups excluding carboxylic acids is 3. The number of nitrogens with zero attached hydrogens (tertiary/aromatic N) is 4. The lowest BCUT2D eigenvalue weighted by molar-refractivity contribution is -0.143. The van der Waals surface area contributed by atoms with E-state index >= 15 is 4.39 Å². The van der Waals surface area contributed by atoms with Gasteiger partial charge in [-0.3, -0.25) is 9.59 Å². The average molecular weight is 626 g/mol. The molecule has 1 unspecified atom stereocenters. The van der Waals surface area contributed by atoms with Crippen LogP contribution in [0, 0.1) is 5.82 Å². The van der Waals surface area contributed by atoms with E-state index in [-0.39, 0.29) is 36.5 Å². The molecular formula is C34H32FN5O6. The van der Waals surface area contributed by atoms with Gasteiger partial charge in [-0.05, 0) is 44.5 Å². The van der Waals surface area contributed by atoms with Crippen molar-refractivity contribution < 1.29 is 27.9 Å². The zero-order chi connectivity index (χ0) is 32.8. The average Bonchev–Trinajstić information content (AvgIpc) is 3.46. The maximum Gasteiger partial charge on any atom is 0.351 e. The molecule has 46 heavy (non-hydrogen) atoms. The number of amides is 2. The van der Waals surface area contributed by atoms with Gasteiger partial charge in [-0.15, -0.1) is 5.10 Å². The number of hydrogen-bond donors (Lipinski definition) is 1. The van der Waals surface area contributed by atoms with Crippen molar-refractivity contribution >= 4 is 28.8 Å². The number of nitrogens with one attached hydrogen (secondary N) is 1. The highest BCUT2D eigenvalue weighted by atomic mass is 19.1. The number of rotatable bonds is 10. The van der Waals surface area contributed by atoms with Crippen LogP contribution in [0.2, 0.25) is 0 Å². The second kappa shape index (κ2) is 13.6. The van der Waals surface area contributed by atoms with Crippen molar-refractivity contribution in [3.63, 3.8) is 0 Å². The van der Waals surface area contributed by atoms with Crippen molar-refractivity contribution in [2.75, 3.05) is 0 Å². The van der Waals surface area contributed by atoms with Gasteiger partial charge in [0.1, 0.15) is 41.9 Å². The molecule has 0 bridgehead atoms. The van der Waals surface area contributed by atoms with Gasteiger partial charge in [0.05, 0.1) is 6.20 Å². The van der Waals surface area contributed by atoms with Crippen LogP contribution < -0.4 is 10.9 Å². The van der Waals surface area contributed by atoms with Crippen LogP contribution in [0.25, 0.3) is 11.0 Å². The number of esters is 1. The summed E-state index contributed by atoms with van der Waals surface area (Å²) in [6.45, 7) is 4.70. The number of para-hydroxylation sites is 1. The molecule has 11 nitrogen and oxygen atoms in total. The molecule has 0 spiro atoms. The van der Waals surface area contributed by atoms with E-state index in [1.165, 1.54) is 40.0 Å². The largest absolute Gasteiger partial charge is 0.455 e. The highest BCUT2D eigenvalue weighted by molar-refractivity contribution is 5.92. The summed E-state index contributed by atoms with van der Waals surface area (Å²) in [4.78, 5) is 53.9. The molecule has 0 saturated carbocycles. The molecule has 5 rings (SSSR count). The summed E-state index contributed by atoms with van der Waals surface area (Å²) in [5, 5.41) is 11.4. The van der Waals surface area contributed by atoms with E-state index < -0.39 is 40.8 Å². The van der Waals surface area contributed by atoms with Gasteiger partial charge in [-0.25, -0.2) is 18.7 Å². The molecule has 236 valence electrons. The molecule has 2 amide bonds. The normalized spacial score (nSPS) is 12.0. The van der Waals surface area contributed by atoms with Crippen molar-refractivity contribution in [3.05, 3.63) is 130 Å². The molecule has 3 aromatic carbocycles. The van der Waals surface area contributed by atoms with Gasteiger partial charge in [0.2, 0.25) is 11.8 Å². The van der Waals surface area contributed by atoms with Crippen molar-refractivity contribution in [2.24, 2.45) is 0 Å². The fourth-order valence-electron chi connectivity index (χ4n) is 4.82. The zero-order valence-corrected chi connectivity index (χ0v) is 25.5. The van der Waals surface area contributed by atoms with Gasteiger partial charge in [0, 0.05) is 23.0 Å². The number of hydrogen-bond acceptors (Lipinski definition) is 8. The minimum absolute atomic E-state index is 0.00371. The van der Waals surface area contributed by atoms with Gasteiger partial charge >= 0.3 is 11.6 Å². The molecule has 1 atom stereocenters. The summed E-state index contributed by atoms with van der Waals surface area (Å²) in [6.07, 6.45) is 1.40. The smallest absolute Gasteiger partial charge is 0.351 e. The molecular weight excluding hydrogens is 593 g/mol. The van der Waals surface area contributed by atoms with Crippen LogP contribution in [-0.2, 0) is 34.0 Å². The van der Waals surface area contributed by atoms with Crippen LogP contribution in [0.3, 0.4) is 0 Å². The lowest BCUT2D eigenvalue weighted by Crippen LogP contribution is -2.49. The Balaban J connectivity index is 1.36. The van der Waals surface area contributed by atoms with Gasteiger partial charge in [-0.1, -0.05) is 71.9 Å². The summed E-state index contributed by atoms with van der Waals surface area (Å²) in [7, 11) is 0. The van der Waals surface area contributed by atoms with Crippen LogP contribution >= 0.6 is 0 Å². The number of aromatic nitrogens is 3. The Morgan fingerprint density at radius 3 is 2.43 bits per heavy atom. The second-order valence-electron chi connectivity index (χ2n) is 11.6. The first-order chi connectivity index (χ1) is 22.0. The van der Waals surface area contributed by atoms with Crippen molar-refractivity contribution in [3.8, 4) is 0 Å². The summed E-state index contributed by atoms with van der Waals surface area (Å²) in [6, 6.07) is 21.7. The Kier molecular flexibility index (Phi) is 9.36. The summed E-state index contributed by atoms with van der Waals surface area (Å²) in [5.74, 6) is -2.63. The number of fused-ring (bicyclic) bond motifs is 1. The van der Waals surface area contributed by atoms with Gasteiger partial charge in [-0.2, -0.15) is 0 Å². The predicted molar refractivity (Wildman–Crippen MR) is 166 cm³/mol. The fourth-order valence-corrected chi connectivity index (χ4v) is 4.82. The molecule has 12 heteroatoms. The third-order valence-electron chi connectivity index (χ3n) is 6.87. The first-order valence-electron chi connectivity index (χ1n) is 14.5. The molecule has 0 aliphatic heterocycles. The Labute approximate surface area is 263 Å². The standard InChI is InChI=1S/C34H32FN5O6/c1-34(2,3)36-31(42)30(25-14-8-9-15-27(25)35)40(18-22-11-5-4-6-12-22)29(41)20-39-19-24(37-38-39)21-45-32(43)26-17-23-13-7-10-16-28(23)46-33(26)44/h4-17,19,30H,18,20-21H2,1-3H3,(H,36,42). The quantitative estimate of drug-likeness (QED) is 0.176. The topological polar surface area (TPSA) is 137 Å². The Bertz CT molecular complexity index is 1930. The molecule has 0 aliphatic rings. The number of halogens is 1. The third-order valence-corrected chi connectivity index (χ3v) is 6.87. The van der Waals surface area contributed by atoms with Gasteiger partial charge in [0.25, 0.3) is 0 Å². The molecule has 1 N–H and O–H groups in total. The van der Waals surface area contributed by atoms with E-state index in [0.29, 0.717) is 11.0 Å². The second-order valence-corrected chi connectivity index (χ2v) is 11.6. The van der Waals surface area contributed by atoms with Crippen molar-refractivity contribution in [2.45, 2.75) is 52.0 Å². The van der Waals surface area contributed by atoms with Crippen LogP contribution in [-0.4, -0.2) is 43.2 Å². The molecule has 5 aromatic rings. The van der Waals surface area contributed by atoms with Crippen molar-refractivity contribution in [1.29, 1.82) is 0 Å². The third kappa shape index (κ3) is 7.70. The van der Waals surface area contributed by atoms with Crippen LogP contribution in [0.4, 0.5) is 4.39 Å². The molecule has 0 fully saturated rings. The maximum atomic E-state index is 15.2. The van der Waals surface area contributed by atoms with E-state index in [1.54, 1.807) is 75.4 Å². The minimum atomic E-state index is -1.30. The fraction of sp³-hybridized carbons (Fsp3) is 0.235. The number of ether oxygens (including phenoxy) is 1. The molecule has 2 aromatic heterocycles. The monoisotopic (exact) mass is 625 g/mol. The van der Waals surface area contributed by atoms with Gasteiger partial charge < -0.3 is 19.4 Å². The first kappa shape index (κ1) is 31.8. The summed E-state index contributed by atoms with van der Waals surface area (Å²) in [5.41, 5.74) is -0.457. The van der Waals surface area contributed by atoms with E-state index in [0.717, 1.165) is 5.56 Å². The maximum absolute atomic E-state index is 15.2. The number of benzene rings is 3. The lowest BCUT2D eigenvalue weighted by atomic mass is 10.00. The molecule has 0 radical (unpaired) electrons. The summed E-state index contributed by atoms with van der Waals surface area (Å²) < 4.78 is 26.9. The van der Waals surface area contributed by atoms with Crippen molar-refractivity contribution in [1.82, 2.24) is 25.2 Å². The summed E-state index contributed by atoms with van der Waals surface area (Å²) >= 11 is 0. The van der Waals surface area contributed by atoms with Crippen LogP contribution in [0.5, 0.6) is 0 Å². The van der Waals surface area contributed by atoms with E-state index in [4.69, 9.17) is 9.15 Å². The van der Waals surface area contributed by atoms with E-state index in [9.17, 15) is 19.2 Å². The molecule has 0 aliphatic carbocycles. The minimum Gasteiger partial charge on any atom is -0.455 e. The number of carbonyl (C=O) groups is 3. The predicted octanol–water partition coefficient (Wildman–Crippen LogP) is 4.57. The Morgan fingerprint density at radius 2 is 1.70 bits per heavy atom. The Hall–Kier alpha value is -5.65. The molecule has 0 saturated heterocycles. The molecule has 2 heterocycles. The van der Waals surface area contributed by atoms with Crippen LogP contribution in [0.15, 0.2) is 100 Å². The van der Waals surface area contributed by atoms with E-state index in [1.807, 2.05) is 6.07 Å². The lowest BCUT2D eigenvalue weighted by Gasteiger charge is -2.34. The highest BCUT2D eigenvalue weighted by Gasteiger charge is 2.35. The zero-order valence-electron chi connectivity index (χ0n) is 25.5.